The fourth-order valence-electron chi connectivity index (χ4n) is 4.02. The molecule has 0 fully saturated rings. The lowest BCUT2D eigenvalue weighted by Crippen LogP contribution is -2.21. The summed E-state index contributed by atoms with van der Waals surface area (Å²) in [6.07, 6.45) is -1.15. The van der Waals surface area contributed by atoms with E-state index in [9.17, 15) is 9.59 Å². The minimum Gasteiger partial charge on any atom is -0.493 e. The molecule has 0 aliphatic rings. The van der Waals surface area contributed by atoms with Crippen LogP contribution in [0.1, 0.15) is 37.9 Å². The lowest BCUT2D eigenvalue weighted by Gasteiger charge is -2.20. The summed E-state index contributed by atoms with van der Waals surface area (Å²) in [7, 11) is 6.81. The van der Waals surface area contributed by atoms with E-state index in [-0.39, 0.29) is 18.0 Å². The van der Waals surface area contributed by atoms with Gasteiger partial charge >= 0.3 is 5.97 Å². The van der Waals surface area contributed by atoms with E-state index in [0.29, 0.717) is 28.4 Å². The van der Waals surface area contributed by atoms with Gasteiger partial charge in [-0.3, -0.25) is 4.79 Å². The Kier molecular flexibility index (Phi) is 8.84. The van der Waals surface area contributed by atoms with E-state index in [1.165, 1.54) is 26.4 Å². The smallest absolute Gasteiger partial charge is 0.339 e. The van der Waals surface area contributed by atoms with Crippen LogP contribution >= 0.6 is 0 Å². The maximum Gasteiger partial charge on any atom is 0.339 e. The maximum absolute atomic E-state index is 13.5. The highest BCUT2D eigenvalue weighted by atomic mass is 16.6. The molecule has 0 aliphatic heterocycles. The monoisotopic (exact) mass is 525 g/mol. The summed E-state index contributed by atoms with van der Waals surface area (Å²) in [5.74, 6) is -0.0657. The molecule has 200 valence electrons. The molecule has 7 nitrogen and oxygen atoms in total. The molecule has 0 radical (unpaired) electrons. The summed E-state index contributed by atoms with van der Waals surface area (Å²) in [5.41, 5.74) is 3.08. The average molecular weight is 526 g/mol. The van der Waals surface area contributed by atoms with Gasteiger partial charge in [-0.25, -0.2) is 4.79 Å². The zero-order chi connectivity index (χ0) is 27.8. The molecule has 7 heteroatoms. The van der Waals surface area contributed by atoms with Crippen LogP contribution in [0.5, 0.6) is 17.2 Å². The Labute approximate surface area is 228 Å². The van der Waals surface area contributed by atoms with E-state index in [1.54, 1.807) is 36.4 Å². The summed E-state index contributed by atoms with van der Waals surface area (Å²) < 4.78 is 22.9. The van der Waals surface area contributed by atoms with Gasteiger partial charge in [0, 0.05) is 30.9 Å². The van der Waals surface area contributed by atoms with Crippen molar-refractivity contribution in [3.05, 3.63) is 119 Å². The molecule has 0 heterocycles. The van der Waals surface area contributed by atoms with E-state index in [2.05, 4.69) is 0 Å². The number of benzene rings is 4. The summed E-state index contributed by atoms with van der Waals surface area (Å²) in [6, 6.07) is 28.8. The molecular formula is C32H31NO6. The summed E-state index contributed by atoms with van der Waals surface area (Å²) in [6.45, 7) is 0.286. The Bertz CT molecular complexity index is 1380. The highest BCUT2D eigenvalue weighted by Crippen LogP contribution is 2.40. The van der Waals surface area contributed by atoms with Gasteiger partial charge in [0.25, 0.3) is 0 Å². The van der Waals surface area contributed by atoms with Crippen LogP contribution in [0.3, 0.4) is 0 Å². The number of hydrogen-bond donors (Lipinski definition) is 0. The summed E-state index contributed by atoms with van der Waals surface area (Å²) >= 11 is 0. The van der Waals surface area contributed by atoms with Gasteiger partial charge in [0.15, 0.2) is 17.6 Å². The first kappa shape index (κ1) is 27.3. The molecule has 0 saturated carbocycles. The molecule has 39 heavy (non-hydrogen) atoms. The molecule has 4 rings (SSSR count). The molecule has 4 aromatic carbocycles. The second-order valence-corrected chi connectivity index (χ2v) is 8.99. The maximum atomic E-state index is 13.5. The van der Waals surface area contributed by atoms with Gasteiger partial charge in [-0.2, -0.15) is 0 Å². The average Bonchev–Trinajstić information content (AvgIpc) is 2.98. The number of methoxy groups -OCH3 is 2. The Morgan fingerprint density at radius 1 is 0.744 bits per heavy atom. The van der Waals surface area contributed by atoms with Gasteiger partial charge in [0.05, 0.1) is 19.8 Å². The van der Waals surface area contributed by atoms with Crippen LogP contribution in [0.2, 0.25) is 0 Å². The molecule has 0 amide bonds. The number of nitrogens with zero attached hydrogens (tertiary/aromatic N) is 1. The minimum absolute atomic E-state index is 0.159. The van der Waals surface area contributed by atoms with Crippen molar-refractivity contribution in [2.24, 2.45) is 0 Å². The van der Waals surface area contributed by atoms with Crippen LogP contribution in [-0.2, 0) is 11.3 Å². The number of carbonyl (C=O) groups is 2. The topological polar surface area (TPSA) is 74.3 Å². The van der Waals surface area contributed by atoms with Crippen molar-refractivity contribution in [2.75, 3.05) is 33.2 Å². The molecule has 0 aromatic heterocycles. The number of esters is 1. The minimum atomic E-state index is -1.15. The third-order valence-electron chi connectivity index (χ3n) is 6.16. The van der Waals surface area contributed by atoms with Crippen molar-refractivity contribution >= 4 is 17.4 Å². The number of rotatable bonds is 11. The van der Waals surface area contributed by atoms with Crippen LogP contribution in [-0.4, -0.2) is 40.1 Å². The third-order valence-corrected chi connectivity index (χ3v) is 6.16. The molecule has 1 unspecified atom stereocenters. The number of Topliss-reactive ketones (excluding diaryl/α,β-unsaturated/α-hetero) is 1. The Morgan fingerprint density at radius 3 is 1.85 bits per heavy atom. The van der Waals surface area contributed by atoms with Gasteiger partial charge in [-0.15, -0.1) is 0 Å². The number of hydrogen-bond acceptors (Lipinski definition) is 7. The van der Waals surface area contributed by atoms with Crippen LogP contribution in [0.4, 0.5) is 5.69 Å². The van der Waals surface area contributed by atoms with Crippen LogP contribution in [0.15, 0.2) is 97.1 Å². The third kappa shape index (κ3) is 6.57. The Morgan fingerprint density at radius 2 is 1.31 bits per heavy atom. The molecular weight excluding hydrogens is 494 g/mol. The second kappa shape index (κ2) is 12.6. The molecule has 1 atom stereocenters. The standard InChI is InChI=1S/C32H31NO6/c1-33(2)26-17-15-24(16-18-26)30(29(34)23-13-9-6-10-14-23)39-32(35)25-19-27(36-3)31(28(20-25)37-4)38-21-22-11-7-5-8-12-22/h5-20,30H,21H2,1-4H3. The predicted molar refractivity (Wildman–Crippen MR) is 150 cm³/mol. The Balaban J connectivity index is 1.64. The largest absolute Gasteiger partial charge is 0.493 e. The number of ether oxygens (including phenoxy) is 4. The van der Waals surface area contributed by atoms with Crippen molar-refractivity contribution < 1.29 is 28.5 Å². The molecule has 4 aromatic rings. The Hall–Kier alpha value is -4.78. The normalized spacial score (nSPS) is 11.3. The fraction of sp³-hybridized carbons (Fsp3) is 0.188. The van der Waals surface area contributed by atoms with Crippen molar-refractivity contribution in [1.29, 1.82) is 0 Å². The molecule has 0 N–H and O–H groups in total. The summed E-state index contributed by atoms with van der Waals surface area (Å²) in [5, 5.41) is 0. The van der Waals surface area contributed by atoms with E-state index in [0.717, 1.165) is 11.3 Å². The lowest BCUT2D eigenvalue weighted by atomic mass is 9.99. The van der Waals surface area contributed by atoms with Gasteiger partial charge < -0.3 is 23.8 Å². The van der Waals surface area contributed by atoms with Crippen molar-refractivity contribution in [3.63, 3.8) is 0 Å². The quantitative estimate of drug-likeness (QED) is 0.172. The van der Waals surface area contributed by atoms with Crippen molar-refractivity contribution in [3.8, 4) is 17.2 Å². The van der Waals surface area contributed by atoms with Crippen molar-refractivity contribution in [1.82, 2.24) is 0 Å². The first-order chi connectivity index (χ1) is 18.9. The molecule has 0 bridgehead atoms. The fourth-order valence-corrected chi connectivity index (χ4v) is 4.02. The SMILES string of the molecule is COc1cc(C(=O)OC(C(=O)c2ccccc2)c2ccc(N(C)C)cc2)cc(OC)c1OCc1ccccc1. The van der Waals surface area contributed by atoms with Gasteiger partial charge in [-0.05, 0) is 29.8 Å². The first-order valence-electron chi connectivity index (χ1n) is 12.4. The van der Waals surface area contributed by atoms with E-state index < -0.39 is 12.1 Å². The second-order valence-electron chi connectivity index (χ2n) is 8.99. The summed E-state index contributed by atoms with van der Waals surface area (Å²) in [4.78, 5) is 28.9. The van der Waals surface area contributed by atoms with Crippen LogP contribution in [0, 0.1) is 0 Å². The zero-order valence-electron chi connectivity index (χ0n) is 22.4. The number of carbonyl (C=O) groups excluding carboxylic acids is 2. The highest BCUT2D eigenvalue weighted by molar-refractivity contribution is 6.02. The molecule has 0 aliphatic carbocycles. The zero-order valence-corrected chi connectivity index (χ0v) is 22.4. The van der Waals surface area contributed by atoms with Gasteiger partial charge in [0.1, 0.15) is 6.61 Å². The number of anilines is 1. The predicted octanol–water partition coefficient (Wildman–Crippen LogP) is 6.13. The number of ketones is 1. The van der Waals surface area contributed by atoms with Crippen LogP contribution < -0.4 is 19.1 Å². The van der Waals surface area contributed by atoms with Gasteiger partial charge in [0.2, 0.25) is 11.5 Å². The highest BCUT2D eigenvalue weighted by Gasteiger charge is 2.28. The van der Waals surface area contributed by atoms with Crippen LogP contribution in [0.25, 0.3) is 0 Å². The molecule has 0 saturated heterocycles. The lowest BCUT2D eigenvalue weighted by molar-refractivity contribution is 0.0279. The van der Waals surface area contributed by atoms with Crippen molar-refractivity contribution in [2.45, 2.75) is 12.7 Å². The first-order valence-corrected chi connectivity index (χ1v) is 12.4. The van der Waals surface area contributed by atoms with E-state index >= 15 is 0 Å². The molecule has 0 spiro atoms. The van der Waals surface area contributed by atoms with Gasteiger partial charge in [-0.1, -0.05) is 72.8 Å². The van der Waals surface area contributed by atoms with E-state index in [1.807, 2.05) is 67.5 Å². The van der Waals surface area contributed by atoms with E-state index in [4.69, 9.17) is 18.9 Å².